The van der Waals surface area contributed by atoms with Gasteiger partial charge in [0, 0.05) is 30.8 Å². The number of nitrogens with one attached hydrogen (secondary N) is 1. The highest BCUT2D eigenvalue weighted by Crippen LogP contribution is 2.34. The molecule has 0 atom stereocenters. The average Bonchev–Trinajstić information content (AvgIpc) is 2.74. The predicted molar refractivity (Wildman–Crippen MR) is 86.0 cm³/mol. The first-order valence-electron chi connectivity index (χ1n) is 6.63. The van der Waals surface area contributed by atoms with Crippen LogP contribution in [0.3, 0.4) is 0 Å². The second kappa shape index (κ2) is 6.02. The molecule has 21 heavy (non-hydrogen) atoms. The number of aromatic nitrogens is 1. The minimum atomic E-state index is -0.292. The van der Waals surface area contributed by atoms with Crippen LogP contribution >= 0.6 is 31.9 Å². The Bertz CT molecular complexity index is 695. The average molecular weight is 416 g/mol. The third kappa shape index (κ3) is 2.84. The minimum absolute atomic E-state index is 0.0164. The predicted octanol–water partition coefficient (Wildman–Crippen LogP) is 3.68. The van der Waals surface area contributed by atoms with E-state index >= 15 is 0 Å². The van der Waals surface area contributed by atoms with Crippen molar-refractivity contribution in [1.29, 1.82) is 0 Å². The molecule has 1 aromatic carbocycles. The molecule has 0 aliphatic carbocycles. The number of hydrogen-bond donors (Lipinski definition) is 1. The summed E-state index contributed by atoms with van der Waals surface area (Å²) in [4.78, 5) is 12.6. The summed E-state index contributed by atoms with van der Waals surface area (Å²) in [5, 5.41) is 3.30. The normalized spacial score (nSPS) is 14.0. The van der Waals surface area contributed by atoms with Crippen molar-refractivity contribution in [2.24, 2.45) is 0 Å². The van der Waals surface area contributed by atoms with E-state index in [1.165, 1.54) is 12.1 Å². The quantitative estimate of drug-likeness (QED) is 0.811. The van der Waals surface area contributed by atoms with Crippen LogP contribution in [0.1, 0.15) is 21.6 Å². The number of carbonyl (C=O) groups excluding carboxylic acids is 1. The van der Waals surface area contributed by atoms with Crippen LogP contribution < -0.4 is 5.32 Å². The van der Waals surface area contributed by atoms with Gasteiger partial charge in [0.2, 0.25) is 5.91 Å². The summed E-state index contributed by atoms with van der Waals surface area (Å²) in [6.07, 6.45) is 1.06. The summed E-state index contributed by atoms with van der Waals surface area (Å²) >= 11 is 7.03. The van der Waals surface area contributed by atoms with Crippen LogP contribution in [-0.2, 0) is 19.4 Å². The molecular weight excluding hydrogens is 403 g/mol. The van der Waals surface area contributed by atoms with Gasteiger partial charge in [-0.2, -0.15) is 0 Å². The van der Waals surface area contributed by atoms with Gasteiger partial charge in [0.15, 0.2) is 0 Å². The van der Waals surface area contributed by atoms with E-state index in [1.807, 2.05) is 0 Å². The fourth-order valence-electron chi connectivity index (χ4n) is 2.58. The zero-order valence-corrected chi connectivity index (χ0v) is 14.3. The van der Waals surface area contributed by atoms with Crippen LogP contribution in [0.15, 0.2) is 33.3 Å². The number of halogens is 3. The maximum atomic E-state index is 12.9. The molecular formula is C15H13Br2FN2O. The Kier molecular flexibility index (Phi) is 4.28. The fourth-order valence-corrected chi connectivity index (χ4v) is 3.78. The lowest BCUT2D eigenvalue weighted by atomic mass is 10.1. The number of benzene rings is 1. The van der Waals surface area contributed by atoms with Gasteiger partial charge < -0.3 is 5.32 Å². The van der Waals surface area contributed by atoms with E-state index in [4.69, 9.17) is 0 Å². The molecule has 0 amide bonds. The van der Waals surface area contributed by atoms with Gasteiger partial charge in [-0.1, -0.05) is 12.1 Å². The number of nitrogens with zero attached hydrogens (tertiary/aromatic N) is 1. The molecule has 1 aliphatic rings. The Morgan fingerprint density at radius 1 is 1.29 bits per heavy atom. The van der Waals surface area contributed by atoms with E-state index in [-0.39, 0.29) is 18.1 Å². The summed E-state index contributed by atoms with van der Waals surface area (Å²) in [7, 11) is 0. The highest BCUT2D eigenvalue weighted by molar-refractivity contribution is 9.13. The van der Waals surface area contributed by atoms with Gasteiger partial charge in [-0.3, -0.25) is 9.36 Å². The van der Waals surface area contributed by atoms with Crippen molar-refractivity contribution in [3.05, 3.63) is 56.0 Å². The van der Waals surface area contributed by atoms with Crippen molar-refractivity contribution in [1.82, 2.24) is 9.88 Å². The monoisotopic (exact) mass is 414 g/mol. The number of carbonyl (C=O) groups is 1. The molecule has 0 saturated heterocycles. The maximum absolute atomic E-state index is 12.9. The zero-order valence-electron chi connectivity index (χ0n) is 11.1. The van der Waals surface area contributed by atoms with E-state index < -0.39 is 0 Å². The molecule has 6 heteroatoms. The van der Waals surface area contributed by atoms with E-state index in [1.54, 1.807) is 16.7 Å². The SMILES string of the molecule is O=C(Cc1ccc(F)cc1)n1c(Br)c(Br)c2c1CCNC2. The first-order chi connectivity index (χ1) is 10.1. The number of hydrogen-bond acceptors (Lipinski definition) is 2. The first kappa shape index (κ1) is 14.9. The van der Waals surface area contributed by atoms with Crippen molar-refractivity contribution in [2.45, 2.75) is 19.4 Å². The summed E-state index contributed by atoms with van der Waals surface area (Å²) in [5.41, 5.74) is 2.97. The van der Waals surface area contributed by atoms with Crippen molar-refractivity contribution < 1.29 is 9.18 Å². The van der Waals surface area contributed by atoms with E-state index in [2.05, 4.69) is 37.2 Å². The lowest BCUT2D eigenvalue weighted by Crippen LogP contribution is -2.27. The summed E-state index contributed by atoms with van der Waals surface area (Å²) in [6, 6.07) is 6.05. The van der Waals surface area contributed by atoms with Crippen LogP contribution in [0.5, 0.6) is 0 Å². The second-order valence-electron chi connectivity index (χ2n) is 4.99. The van der Waals surface area contributed by atoms with Crippen molar-refractivity contribution in [2.75, 3.05) is 6.54 Å². The largest absolute Gasteiger partial charge is 0.312 e. The molecule has 0 unspecified atom stereocenters. The van der Waals surface area contributed by atoms with Gasteiger partial charge in [0.25, 0.3) is 0 Å². The first-order valence-corrected chi connectivity index (χ1v) is 8.22. The van der Waals surface area contributed by atoms with Gasteiger partial charge in [-0.15, -0.1) is 0 Å². The van der Waals surface area contributed by atoms with Crippen molar-refractivity contribution in [3.63, 3.8) is 0 Å². The van der Waals surface area contributed by atoms with Crippen molar-refractivity contribution >= 4 is 37.8 Å². The van der Waals surface area contributed by atoms with E-state index in [9.17, 15) is 9.18 Å². The van der Waals surface area contributed by atoms with Gasteiger partial charge in [0.05, 0.1) is 10.9 Å². The van der Waals surface area contributed by atoms with E-state index in [0.29, 0.717) is 0 Å². The van der Waals surface area contributed by atoms with Crippen LogP contribution in [0, 0.1) is 5.82 Å². The molecule has 0 radical (unpaired) electrons. The molecule has 3 nitrogen and oxygen atoms in total. The summed E-state index contributed by atoms with van der Waals surface area (Å²) in [6.45, 7) is 1.62. The second-order valence-corrected chi connectivity index (χ2v) is 6.53. The van der Waals surface area contributed by atoms with Gasteiger partial charge in [-0.05, 0) is 49.6 Å². The Balaban J connectivity index is 1.93. The minimum Gasteiger partial charge on any atom is -0.312 e. The summed E-state index contributed by atoms with van der Waals surface area (Å²) in [5.74, 6) is -0.308. The topological polar surface area (TPSA) is 34.0 Å². The van der Waals surface area contributed by atoms with Gasteiger partial charge in [-0.25, -0.2) is 4.39 Å². The van der Waals surface area contributed by atoms with Crippen LogP contribution in [0.4, 0.5) is 4.39 Å². The molecule has 2 aromatic rings. The highest BCUT2D eigenvalue weighted by atomic mass is 79.9. The number of fused-ring (bicyclic) bond motifs is 1. The third-order valence-corrected chi connectivity index (χ3v) is 5.76. The smallest absolute Gasteiger partial charge is 0.236 e. The van der Waals surface area contributed by atoms with Crippen molar-refractivity contribution in [3.8, 4) is 0 Å². The van der Waals surface area contributed by atoms with Crippen LogP contribution in [-0.4, -0.2) is 17.0 Å². The van der Waals surface area contributed by atoms with Crippen LogP contribution in [0.25, 0.3) is 0 Å². The van der Waals surface area contributed by atoms with E-state index in [0.717, 1.165) is 45.4 Å². The molecule has 0 spiro atoms. The molecule has 1 aliphatic heterocycles. The van der Waals surface area contributed by atoms with Gasteiger partial charge >= 0.3 is 0 Å². The zero-order chi connectivity index (χ0) is 15.0. The molecule has 3 rings (SSSR count). The lowest BCUT2D eigenvalue weighted by molar-refractivity contribution is 0.0908. The summed E-state index contributed by atoms with van der Waals surface area (Å²) < 4.78 is 16.3. The molecule has 0 bridgehead atoms. The highest BCUT2D eigenvalue weighted by Gasteiger charge is 2.25. The molecule has 0 saturated carbocycles. The third-order valence-electron chi connectivity index (χ3n) is 3.62. The molecule has 1 N–H and O–H groups in total. The Labute approximate surface area is 138 Å². The molecule has 0 fully saturated rings. The molecule has 110 valence electrons. The standard InChI is InChI=1S/C15H13Br2FN2O/c16-14-11-8-19-6-5-12(11)20(15(14)17)13(21)7-9-1-3-10(18)4-2-9/h1-4,19H,5-8H2. The fraction of sp³-hybridized carbons (Fsp3) is 0.267. The number of rotatable bonds is 2. The van der Waals surface area contributed by atoms with Gasteiger partial charge in [0.1, 0.15) is 10.4 Å². The maximum Gasteiger partial charge on any atom is 0.236 e. The Morgan fingerprint density at radius 3 is 2.71 bits per heavy atom. The molecule has 1 aromatic heterocycles. The lowest BCUT2D eigenvalue weighted by Gasteiger charge is -2.16. The molecule has 2 heterocycles. The Hall–Kier alpha value is -0.980. The Morgan fingerprint density at radius 2 is 2.00 bits per heavy atom. The van der Waals surface area contributed by atoms with Crippen LogP contribution in [0.2, 0.25) is 0 Å².